The summed E-state index contributed by atoms with van der Waals surface area (Å²) in [5.41, 5.74) is 5.05. The number of hydrogen-bond donors (Lipinski definition) is 2. The molecule has 0 saturated heterocycles. The molecule has 0 bridgehead atoms. The molecule has 2 aromatic rings. The molecule has 0 heterocycles. The van der Waals surface area contributed by atoms with Crippen LogP contribution in [-0.4, -0.2) is 8.42 Å². The lowest BCUT2D eigenvalue weighted by molar-refractivity contribution is 0.570. The van der Waals surface area contributed by atoms with Crippen molar-refractivity contribution in [2.45, 2.75) is 4.90 Å². The van der Waals surface area contributed by atoms with E-state index in [1.54, 1.807) is 6.07 Å². The van der Waals surface area contributed by atoms with Gasteiger partial charge in [-0.3, -0.25) is 4.72 Å². The standard InChI is InChI=1S/C13H9F2N3O2S/c14-10-5-8(7-16)1-3-12(10)18-21(19,20)13-4-2-9(17)6-11(13)15/h1-6,18H,17H2. The first kappa shape index (κ1) is 14.7. The predicted octanol–water partition coefficient (Wildman–Crippen LogP) is 2.22. The van der Waals surface area contributed by atoms with Gasteiger partial charge in [-0.05, 0) is 36.4 Å². The Hall–Kier alpha value is -2.66. The molecule has 0 fully saturated rings. The molecule has 0 aromatic heterocycles. The lowest BCUT2D eigenvalue weighted by atomic mass is 10.2. The molecule has 0 spiro atoms. The summed E-state index contributed by atoms with van der Waals surface area (Å²) in [6.45, 7) is 0. The second kappa shape index (κ2) is 5.38. The number of nitrogens with one attached hydrogen (secondary N) is 1. The molecule has 3 N–H and O–H groups in total. The lowest BCUT2D eigenvalue weighted by Gasteiger charge is -2.10. The van der Waals surface area contributed by atoms with Crippen LogP contribution in [0.1, 0.15) is 5.56 Å². The molecular formula is C13H9F2N3O2S. The van der Waals surface area contributed by atoms with Gasteiger partial charge in [-0.15, -0.1) is 0 Å². The van der Waals surface area contributed by atoms with E-state index in [-0.39, 0.29) is 16.9 Å². The monoisotopic (exact) mass is 309 g/mol. The highest BCUT2D eigenvalue weighted by molar-refractivity contribution is 7.92. The van der Waals surface area contributed by atoms with Crippen molar-refractivity contribution in [1.29, 1.82) is 5.26 Å². The summed E-state index contributed by atoms with van der Waals surface area (Å²) in [6, 6.07) is 7.95. The highest BCUT2D eigenvalue weighted by Crippen LogP contribution is 2.22. The largest absolute Gasteiger partial charge is 0.399 e. The number of benzene rings is 2. The number of nitrogens with two attached hydrogens (primary N) is 1. The van der Waals surface area contributed by atoms with Gasteiger partial charge < -0.3 is 5.73 Å². The predicted molar refractivity (Wildman–Crippen MR) is 72.7 cm³/mol. The maximum Gasteiger partial charge on any atom is 0.264 e. The molecule has 2 rings (SSSR count). The van der Waals surface area contributed by atoms with Crippen molar-refractivity contribution >= 4 is 21.4 Å². The van der Waals surface area contributed by atoms with Gasteiger partial charge in [0.05, 0.1) is 17.3 Å². The smallest absolute Gasteiger partial charge is 0.264 e. The summed E-state index contributed by atoms with van der Waals surface area (Å²) in [4.78, 5) is -0.652. The summed E-state index contributed by atoms with van der Waals surface area (Å²) in [6.07, 6.45) is 0. The van der Waals surface area contributed by atoms with Crippen molar-refractivity contribution in [2.75, 3.05) is 10.5 Å². The summed E-state index contributed by atoms with van der Waals surface area (Å²) in [5, 5.41) is 8.61. The van der Waals surface area contributed by atoms with E-state index in [9.17, 15) is 17.2 Å². The van der Waals surface area contributed by atoms with E-state index >= 15 is 0 Å². The first-order chi connectivity index (χ1) is 9.83. The van der Waals surface area contributed by atoms with Crippen LogP contribution in [-0.2, 0) is 10.0 Å². The van der Waals surface area contributed by atoms with Crippen LogP contribution in [0, 0.1) is 23.0 Å². The number of halogens is 2. The average Bonchev–Trinajstić information content (AvgIpc) is 2.40. The molecule has 8 heteroatoms. The summed E-state index contributed by atoms with van der Waals surface area (Å²) >= 11 is 0. The van der Waals surface area contributed by atoms with Crippen LogP contribution in [0.5, 0.6) is 0 Å². The van der Waals surface area contributed by atoms with Crippen molar-refractivity contribution in [3.05, 3.63) is 53.6 Å². The Balaban J connectivity index is 2.40. The minimum Gasteiger partial charge on any atom is -0.399 e. The third-order valence-corrected chi connectivity index (χ3v) is 3.99. The summed E-state index contributed by atoms with van der Waals surface area (Å²) in [7, 11) is -4.31. The first-order valence-electron chi connectivity index (χ1n) is 5.61. The number of rotatable bonds is 3. The first-order valence-corrected chi connectivity index (χ1v) is 7.09. The molecule has 2 aromatic carbocycles. The van der Waals surface area contributed by atoms with Crippen LogP contribution in [0.2, 0.25) is 0 Å². The van der Waals surface area contributed by atoms with E-state index in [4.69, 9.17) is 11.0 Å². The van der Waals surface area contributed by atoms with Gasteiger partial charge in [0.25, 0.3) is 10.0 Å². The van der Waals surface area contributed by atoms with E-state index in [0.29, 0.717) is 0 Å². The van der Waals surface area contributed by atoms with Crippen LogP contribution >= 0.6 is 0 Å². The number of nitrogen functional groups attached to an aromatic ring is 1. The van der Waals surface area contributed by atoms with E-state index in [2.05, 4.69) is 0 Å². The normalized spacial score (nSPS) is 10.9. The van der Waals surface area contributed by atoms with Crippen molar-refractivity contribution < 1.29 is 17.2 Å². The minimum absolute atomic E-state index is 0.0362. The molecule has 0 aliphatic heterocycles. The molecule has 0 atom stereocenters. The second-order valence-corrected chi connectivity index (χ2v) is 5.75. The zero-order valence-corrected chi connectivity index (χ0v) is 11.3. The van der Waals surface area contributed by atoms with Crippen LogP contribution < -0.4 is 10.5 Å². The van der Waals surface area contributed by atoms with Crippen LogP contribution in [0.4, 0.5) is 20.2 Å². The lowest BCUT2D eigenvalue weighted by Crippen LogP contribution is -2.15. The third-order valence-electron chi connectivity index (χ3n) is 2.59. The van der Waals surface area contributed by atoms with Crippen molar-refractivity contribution in [3.63, 3.8) is 0 Å². The van der Waals surface area contributed by atoms with E-state index in [1.807, 2.05) is 4.72 Å². The maximum atomic E-state index is 13.7. The van der Waals surface area contributed by atoms with Crippen LogP contribution in [0.25, 0.3) is 0 Å². The number of anilines is 2. The fourth-order valence-electron chi connectivity index (χ4n) is 1.60. The number of nitrogens with zero attached hydrogens (tertiary/aromatic N) is 1. The van der Waals surface area contributed by atoms with E-state index < -0.39 is 26.6 Å². The third kappa shape index (κ3) is 3.09. The molecule has 0 aliphatic rings. The van der Waals surface area contributed by atoms with Gasteiger partial charge in [-0.25, -0.2) is 17.2 Å². The van der Waals surface area contributed by atoms with Gasteiger partial charge in [0.15, 0.2) is 0 Å². The Kier molecular flexibility index (Phi) is 3.78. The Morgan fingerprint density at radius 2 is 1.81 bits per heavy atom. The molecule has 0 saturated carbocycles. The number of nitriles is 1. The highest BCUT2D eigenvalue weighted by atomic mass is 32.2. The fraction of sp³-hybridized carbons (Fsp3) is 0. The van der Waals surface area contributed by atoms with Crippen molar-refractivity contribution in [2.24, 2.45) is 0 Å². The molecule has 0 aliphatic carbocycles. The Morgan fingerprint density at radius 1 is 1.10 bits per heavy atom. The molecule has 21 heavy (non-hydrogen) atoms. The van der Waals surface area contributed by atoms with Gasteiger partial charge in [0.2, 0.25) is 0 Å². The minimum atomic E-state index is -4.31. The summed E-state index contributed by atoms with van der Waals surface area (Å²) in [5.74, 6) is -1.98. The average molecular weight is 309 g/mol. The van der Waals surface area contributed by atoms with Gasteiger partial charge in [0, 0.05) is 5.69 Å². The Bertz CT molecular complexity index is 845. The number of sulfonamides is 1. The van der Waals surface area contributed by atoms with Gasteiger partial charge >= 0.3 is 0 Å². The fourth-order valence-corrected chi connectivity index (χ4v) is 2.73. The SMILES string of the molecule is N#Cc1ccc(NS(=O)(=O)c2ccc(N)cc2F)c(F)c1. The molecule has 0 radical (unpaired) electrons. The van der Waals surface area contributed by atoms with E-state index in [1.165, 1.54) is 12.1 Å². The quantitative estimate of drug-likeness (QED) is 0.850. The summed E-state index contributed by atoms with van der Waals surface area (Å²) < 4.78 is 53.2. The van der Waals surface area contributed by atoms with Crippen LogP contribution in [0.15, 0.2) is 41.3 Å². The molecule has 0 unspecified atom stereocenters. The van der Waals surface area contributed by atoms with Crippen LogP contribution in [0.3, 0.4) is 0 Å². The second-order valence-electron chi connectivity index (χ2n) is 4.10. The molecule has 5 nitrogen and oxygen atoms in total. The van der Waals surface area contributed by atoms with E-state index in [0.717, 1.165) is 24.3 Å². The molecule has 0 amide bonds. The molecule has 108 valence electrons. The zero-order valence-electron chi connectivity index (χ0n) is 10.5. The number of hydrogen-bond acceptors (Lipinski definition) is 4. The molecular weight excluding hydrogens is 300 g/mol. The van der Waals surface area contributed by atoms with Crippen molar-refractivity contribution in [1.82, 2.24) is 0 Å². The van der Waals surface area contributed by atoms with Gasteiger partial charge in [-0.2, -0.15) is 5.26 Å². The van der Waals surface area contributed by atoms with Gasteiger partial charge in [-0.1, -0.05) is 0 Å². The maximum absolute atomic E-state index is 13.7. The highest BCUT2D eigenvalue weighted by Gasteiger charge is 2.20. The Labute approximate surface area is 119 Å². The van der Waals surface area contributed by atoms with Gasteiger partial charge in [0.1, 0.15) is 16.5 Å². The van der Waals surface area contributed by atoms with Crippen molar-refractivity contribution in [3.8, 4) is 6.07 Å². The zero-order chi connectivity index (χ0) is 15.6. The topological polar surface area (TPSA) is 96.0 Å². The Morgan fingerprint density at radius 3 is 2.38 bits per heavy atom.